The van der Waals surface area contributed by atoms with Crippen molar-refractivity contribution in [2.75, 3.05) is 29.9 Å². The van der Waals surface area contributed by atoms with Gasteiger partial charge in [-0.25, -0.2) is 14.6 Å². The van der Waals surface area contributed by atoms with E-state index in [9.17, 15) is 13.6 Å². The second-order valence-electron chi connectivity index (χ2n) is 8.06. The van der Waals surface area contributed by atoms with Crippen molar-refractivity contribution >= 4 is 39.9 Å². The molecule has 2 unspecified atom stereocenters. The Labute approximate surface area is 201 Å². The predicted octanol–water partition coefficient (Wildman–Crippen LogP) is 3.69. The molecule has 0 aliphatic carbocycles. The van der Waals surface area contributed by atoms with Crippen LogP contribution in [-0.4, -0.2) is 42.3 Å². The highest BCUT2D eigenvalue weighted by Crippen LogP contribution is 2.34. The van der Waals surface area contributed by atoms with Gasteiger partial charge in [-0.15, -0.1) is 0 Å². The van der Waals surface area contributed by atoms with E-state index in [0.29, 0.717) is 16.3 Å². The molecule has 0 radical (unpaired) electrons. The van der Waals surface area contributed by atoms with E-state index < -0.39 is 23.2 Å². The quantitative estimate of drug-likeness (QED) is 0.158. The fourth-order valence-corrected chi connectivity index (χ4v) is 4.77. The first kappa shape index (κ1) is 25.5. The Morgan fingerprint density at radius 2 is 1.82 bits per heavy atom. The van der Waals surface area contributed by atoms with Crippen molar-refractivity contribution in [2.45, 2.75) is 43.7 Å². The number of amides is 1. The smallest absolute Gasteiger partial charge is 0.257 e. The van der Waals surface area contributed by atoms with Gasteiger partial charge in [0.05, 0.1) is 18.4 Å². The molecule has 0 spiro atoms. The van der Waals surface area contributed by atoms with E-state index >= 15 is 0 Å². The molecule has 1 amide bonds. The molecule has 0 saturated carbocycles. The topological polar surface area (TPSA) is 121 Å². The number of hydrogen-bond acceptors (Lipinski definition) is 8. The van der Waals surface area contributed by atoms with Gasteiger partial charge in [0.25, 0.3) is 5.91 Å². The first-order valence-corrected chi connectivity index (χ1v) is 11.4. The van der Waals surface area contributed by atoms with E-state index in [1.807, 2.05) is 18.7 Å². The Hall–Kier alpha value is -3.09. The summed E-state index contributed by atoms with van der Waals surface area (Å²) in [6.45, 7) is 4.04. The number of nitrogens with two attached hydrogens (primary N) is 2. The van der Waals surface area contributed by atoms with Crippen LogP contribution in [0.4, 0.5) is 25.8 Å². The van der Waals surface area contributed by atoms with E-state index in [1.165, 1.54) is 37.4 Å². The number of halogens is 2. The first-order chi connectivity index (χ1) is 16.2. The number of nitrogens with zero attached hydrogens (tertiary/aromatic N) is 3. The molecule has 0 aromatic heterocycles. The molecule has 12 heteroatoms. The highest BCUT2D eigenvalue weighted by atomic mass is 32.2. The summed E-state index contributed by atoms with van der Waals surface area (Å²) in [5.74, 6) is 8.65. The van der Waals surface area contributed by atoms with Crippen LogP contribution in [0.2, 0.25) is 0 Å². The van der Waals surface area contributed by atoms with Crippen LogP contribution in [0.5, 0.6) is 0 Å². The average Bonchev–Trinajstić information content (AvgIpc) is 3.12. The Kier molecular flexibility index (Phi) is 8.18. The number of nitrogens with one attached hydrogen (secondary N) is 2. The van der Waals surface area contributed by atoms with Crippen LogP contribution < -0.4 is 27.4 Å². The molecule has 3 rings (SSSR count). The molecule has 1 heterocycles. The second-order valence-corrected chi connectivity index (χ2v) is 9.07. The lowest BCUT2D eigenvalue weighted by atomic mass is 10.1. The normalized spacial score (nSPS) is 18.2. The molecule has 2 aromatic rings. The molecule has 6 N–H and O–H groups in total. The molecular formula is C22H29F2N7O2S. The van der Waals surface area contributed by atoms with Crippen LogP contribution >= 0.6 is 11.8 Å². The highest BCUT2D eigenvalue weighted by molar-refractivity contribution is 8.13. The number of thioether (sulfide) groups is 1. The number of carbonyl (C=O) groups is 1. The van der Waals surface area contributed by atoms with E-state index in [1.54, 1.807) is 12.1 Å². The zero-order valence-electron chi connectivity index (χ0n) is 19.4. The van der Waals surface area contributed by atoms with Gasteiger partial charge in [-0.1, -0.05) is 0 Å². The van der Waals surface area contributed by atoms with Gasteiger partial charge in [0.1, 0.15) is 5.69 Å². The van der Waals surface area contributed by atoms with Crippen molar-refractivity contribution < 1.29 is 18.4 Å². The van der Waals surface area contributed by atoms with E-state index in [2.05, 4.69) is 15.9 Å². The third-order valence-electron chi connectivity index (χ3n) is 5.57. The Bertz CT molecular complexity index is 1050. The average molecular weight is 494 g/mol. The molecule has 1 saturated heterocycles. The number of amidine groups is 1. The van der Waals surface area contributed by atoms with Gasteiger partial charge in [0, 0.05) is 29.7 Å². The van der Waals surface area contributed by atoms with Crippen LogP contribution in [-0.2, 0) is 4.84 Å². The van der Waals surface area contributed by atoms with Crippen molar-refractivity contribution in [1.29, 1.82) is 0 Å². The van der Waals surface area contributed by atoms with Crippen molar-refractivity contribution in [3.8, 4) is 0 Å². The second kappa shape index (κ2) is 10.9. The SMILES string of the molecule is CONc1ccc(S/C(=N/N)N(C)N)c(C(=O)Nc2c(F)cc(N3C(C)CCC3C)cc2F)c1. The van der Waals surface area contributed by atoms with Gasteiger partial charge in [-0.2, -0.15) is 5.10 Å². The summed E-state index contributed by atoms with van der Waals surface area (Å²) in [5.41, 5.74) is 3.11. The summed E-state index contributed by atoms with van der Waals surface area (Å²) in [4.78, 5) is 20.4. The van der Waals surface area contributed by atoms with Gasteiger partial charge in [0.2, 0.25) is 5.17 Å². The number of hydrazone groups is 1. The van der Waals surface area contributed by atoms with Gasteiger partial charge < -0.3 is 16.1 Å². The van der Waals surface area contributed by atoms with Gasteiger partial charge >= 0.3 is 0 Å². The fourth-order valence-electron chi connectivity index (χ4n) is 3.98. The molecule has 1 aliphatic rings. The van der Waals surface area contributed by atoms with Gasteiger partial charge in [0.15, 0.2) is 11.6 Å². The maximum atomic E-state index is 15.0. The van der Waals surface area contributed by atoms with E-state index in [-0.39, 0.29) is 22.8 Å². The number of carbonyl (C=O) groups excluding carboxylic acids is 1. The molecular weight excluding hydrogens is 464 g/mol. The summed E-state index contributed by atoms with van der Waals surface area (Å²) in [6.07, 6.45) is 1.89. The zero-order chi connectivity index (χ0) is 25.0. The number of hydrazine groups is 1. The van der Waals surface area contributed by atoms with Crippen LogP contribution in [0.15, 0.2) is 40.3 Å². The van der Waals surface area contributed by atoms with Crippen molar-refractivity contribution in [1.82, 2.24) is 5.01 Å². The van der Waals surface area contributed by atoms with Gasteiger partial charge in [-0.05, 0) is 68.8 Å². The molecule has 0 bridgehead atoms. The fraction of sp³-hybridized carbons (Fsp3) is 0.364. The minimum absolute atomic E-state index is 0.111. The van der Waals surface area contributed by atoms with Crippen LogP contribution in [0.1, 0.15) is 37.0 Å². The lowest BCUT2D eigenvalue weighted by Gasteiger charge is -2.29. The van der Waals surface area contributed by atoms with E-state index in [4.69, 9.17) is 16.5 Å². The van der Waals surface area contributed by atoms with E-state index in [0.717, 1.165) is 24.6 Å². The largest absolute Gasteiger partial charge is 0.366 e. The van der Waals surface area contributed by atoms with Crippen molar-refractivity contribution in [2.24, 2.45) is 16.8 Å². The summed E-state index contributed by atoms with van der Waals surface area (Å²) in [7, 11) is 2.95. The third-order valence-corrected chi connectivity index (χ3v) is 6.72. The summed E-state index contributed by atoms with van der Waals surface area (Å²) in [5, 5.41) is 7.36. The number of anilines is 3. The number of hydrogen-bond donors (Lipinski definition) is 4. The van der Waals surface area contributed by atoms with Crippen LogP contribution in [0, 0.1) is 11.6 Å². The highest BCUT2D eigenvalue weighted by Gasteiger charge is 2.29. The van der Waals surface area contributed by atoms with Gasteiger partial charge in [-0.3, -0.25) is 20.1 Å². The number of benzene rings is 2. The minimum Gasteiger partial charge on any atom is -0.366 e. The molecule has 1 fully saturated rings. The Balaban J connectivity index is 1.93. The standard InChI is InChI=1S/C22H29F2N7O2S/c1-12-5-6-13(2)31(12)15-10-17(23)20(18(24)11-15)27-21(32)16-9-14(29-33-4)7-8-19(16)34-22(28-25)30(3)26/h7-13,29H,5-6,25-26H2,1-4H3,(H,27,32)/b28-22+. The molecule has 184 valence electrons. The molecule has 2 atom stereocenters. The lowest BCUT2D eigenvalue weighted by Crippen LogP contribution is -2.32. The molecule has 2 aromatic carbocycles. The molecule has 1 aliphatic heterocycles. The lowest BCUT2D eigenvalue weighted by molar-refractivity contribution is 0.102. The molecule has 34 heavy (non-hydrogen) atoms. The maximum Gasteiger partial charge on any atom is 0.257 e. The Morgan fingerprint density at radius 3 is 2.35 bits per heavy atom. The monoisotopic (exact) mass is 493 g/mol. The first-order valence-electron chi connectivity index (χ1n) is 10.6. The van der Waals surface area contributed by atoms with Crippen LogP contribution in [0.25, 0.3) is 0 Å². The summed E-state index contributed by atoms with van der Waals surface area (Å²) in [6, 6.07) is 7.58. The molecule has 9 nitrogen and oxygen atoms in total. The minimum atomic E-state index is -0.860. The Morgan fingerprint density at radius 1 is 1.21 bits per heavy atom. The third kappa shape index (κ3) is 5.51. The van der Waals surface area contributed by atoms with Crippen LogP contribution in [0.3, 0.4) is 0 Å². The summed E-state index contributed by atoms with van der Waals surface area (Å²) >= 11 is 1.02. The summed E-state index contributed by atoms with van der Waals surface area (Å²) < 4.78 is 30.0. The van der Waals surface area contributed by atoms with Crippen molar-refractivity contribution in [3.05, 3.63) is 47.5 Å². The number of rotatable bonds is 6. The zero-order valence-corrected chi connectivity index (χ0v) is 20.2. The van der Waals surface area contributed by atoms with Crippen molar-refractivity contribution in [3.63, 3.8) is 0 Å². The maximum absolute atomic E-state index is 15.0. The predicted molar refractivity (Wildman–Crippen MR) is 131 cm³/mol.